The highest BCUT2D eigenvalue weighted by molar-refractivity contribution is 7.85. The van der Waals surface area contributed by atoms with Crippen molar-refractivity contribution < 1.29 is 4.21 Å². The molecule has 2 rings (SSSR count). The number of hydrogen-bond acceptors (Lipinski definition) is 5. The van der Waals surface area contributed by atoms with Crippen molar-refractivity contribution in [2.24, 2.45) is 0 Å². The lowest BCUT2D eigenvalue weighted by molar-refractivity contribution is 0.145. The molecule has 0 amide bonds. The fourth-order valence-corrected chi connectivity index (χ4v) is 3.56. The molecule has 0 aromatic carbocycles. The lowest BCUT2D eigenvalue weighted by Crippen LogP contribution is -2.53. The van der Waals surface area contributed by atoms with E-state index in [-0.39, 0.29) is 5.54 Å². The minimum Gasteiger partial charge on any atom is -0.368 e. The first kappa shape index (κ1) is 15.7. The topological polar surface area (TPSA) is 58.1 Å². The van der Waals surface area contributed by atoms with Gasteiger partial charge >= 0.3 is 0 Å². The molecule has 1 N–H and O–H groups in total. The molecule has 7 heteroatoms. The van der Waals surface area contributed by atoms with Crippen LogP contribution in [-0.4, -0.2) is 55.8 Å². The summed E-state index contributed by atoms with van der Waals surface area (Å²) in [6, 6.07) is 1.73. The van der Waals surface area contributed by atoms with E-state index in [1.807, 2.05) is 6.92 Å². The van der Waals surface area contributed by atoms with Gasteiger partial charge in [0.1, 0.15) is 16.8 Å². The summed E-state index contributed by atoms with van der Waals surface area (Å²) in [5, 5.41) is 3.77. The Kier molecular flexibility index (Phi) is 4.99. The van der Waals surface area contributed by atoms with Crippen molar-refractivity contribution in [1.82, 2.24) is 14.9 Å². The van der Waals surface area contributed by atoms with Crippen molar-refractivity contribution in [2.45, 2.75) is 26.3 Å². The average Bonchev–Trinajstić information content (AvgIpc) is 2.36. The molecule has 1 aromatic rings. The van der Waals surface area contributed by atoms with Crippen molar-refractivity contribution in [3.05, 3.63) is 17.0 Å². The molecule has 0 unspecified atom stereocenters. The third kappa shape index (κ3) is 4.14. The third-order valence-corrected chi connectivity index (χ3v) is 5.01. The van der Waals surface area contributed by atoms with Crippen LogP contribution in [0.3, 0.4) is 0 Å². The molecule has 0 aliphatic carbocycles. The van der Waals surface area contributed by atoms with Gasteiger partial charge in [-0.25, -0.2) is 9.97 Å². The molecule has 0 atom stereocenters. The van der Waals surface area contributed by atoms with Crippen LogP contribution in [0.1, 0.15) is 19.7 Å². The first-order valence-electron chi connectivity index (χ1n) is 6.72. The Morgan fingerprint density at radius 1 is 1.40 bits per heavy atom. The van der Waals surface area contributed by atoms with E-state index in [4.69, 9.17) is 11.6 Å². The largest absolute Gasteiger partial charge is 0.368 e. The van der Waals surface area contributed by atoms with Gasteiger partial charge in [0, 0.05) is 53.5 Å². The third-order valence-electron chi connectivity index (χ3n) is 3.54. The summed E-state index contributed by atoms with van der Waals surface area (Å²) in [5.41, 5.74) is -0.0179. The fourth-order valence-electron chi connectivity index (χ4n) is 2.28. The number of nitrogens with zero attached hydrogens (tertiary/aromatic N) is 3. The highest BCUT2D eigenvalue weighted by atomic mass is 35.5. The molecule has 5 nitrogen and oxygen atoms in total. The maximum Gasteiger partial charge on any atom is 0.134 e. The van der Waals surface area contributed by atoms with Gasteiger partial charge in [-0.15, -0.1) is 0 Å². The standard InChI is InChI=1S/C13H21ClN4OS/c1-10-16-11(14)8-12(17-10)15-9-13(2,3)18-4-6-20(19)7-5-18/h8H,4-7,9H2,1-3H3,(H,15,16,17). The smallest absolute Gasteiger partial charge is 0.134 e. The number of rotatable bonds is 4. The van der Waals surface area contributed by atoms with Gasteiger partial charge in [-0.05, 0) is 20.8 Å². The Bertz CT molecular complexity index is 479. The maximum absolute atomic E-state index is 11.4. The molecule has 1 aromatic heterocycles. The van der Waals surface area contributed by atoms with Crippen LogP contribution in [0.5, 0.6) is 0 Å². The van der Waals surface area contributed by atoms with Crippen LogP contribution >= 0.6 is 11.6 Å². The van der Waals surface area contributed by atoms with Crippen LogP contribution < -0.4 is 5.32 Å². The number of anilines is 1. The van der Waals surface area contributed by atoms with Gasteiger partial charge in [-0.2, -0.15) is 0 Å². The molecule has 0 spiro atoms. The van der Waals surface area contributed by atoms with Gasteiger partial charge in [-0.1, -0.05) is 11.6 Å². The molecule has 20 heavy (non-hydrogen) atoms. The molecule has 1 aliphatic rings. The molecule has 0 radical (unpaired) electrons. The number of nitrogens with one attached hydrogen (secondary N) is 1. The first-order valence-corrected chi connectivity index (χ1v) is 8.58. The van der Waals surface area contributed by atoms with Crippen LogP contribution in [0, 0.1) is 6.92 Å². The van der Waals surface area contributed by atoms with Crippen LogP contribution in [0.2, 0.25) is 5.15 Å². The van der Waals surface area contributed by atoms with E-state index < -0.39 is 10.8 Å². The molecule has 0 bridgehead atoms. The molecule has 1 aliphatic heterocycles. The summed E-state index contributed by atoms with van der Waals surface area (Å²) in [6.07, 6.45) is 0. The van der Waals surface area contributed by atoms with Crippen molar-refractivity contribution in [3.63, 3.8) is 0 Å². The lowest BCUT2D eigenvalue weighted by atomic mass is 10.0. The van der Waals surface area contributed by atoms with Gasteiger partial charge in [0.25, 0.3) is 0 Å². The molecular formula is C13H21ClN4OS. The van der Waals surface area contributed by atoms with E-state index in [2.05, 4.69) is 34.0 Å². The van der Waals surface area contributed by atoms with Crippen LogP contribution in [0.4, 0.5) is 5.82 Å². The summed E-state index contributed by atoms with van der Waals surface area (Å²) in [7, 11) is -0.642. The highest BCUT2D eigenvalue weighted by Crippen LogP contribution is 2.18. The zero-order valence-corrected chi connectivity index (χ0v) is 13.7. The van der Waals surface area contributed by atoms with Crippen molar-refractivity contribution in [3.8, 4) is 0 Å². The van der Waals surface area contributed by atoms with Crippen LogP contribution in [-0.2, 0) is 10.8 Å². The molecule has 0 saturated carbocycles. The maximum atomic E-state index is 11.4. The van der Waals surface area contributed by atoms with Crippen molar-refractivity contribution in [2.75, 3.05) is 36.5 Å². The van der Waals surface area contributed by atoms with Crippen molar-refractivity contribution in [1.29, 1.82) is 0 Å². The predicted octanol–water partition coefficient (Wildman–Crippen LogP) is 1.69. The molecule has 1 saturated heterocycles. The van der Waals surface area contributed by atoms with E-state index >= 15 is 0 Å². The summed E-state index contributed by atoms with van der Waals surface area (Å²) in [5.74, 6) is 2.94. The zero-order chi connectivity index (χ0) is 14.8. The minimum atomic E-state index is -0.642. The molecule has 112 valence electrons. The Labute approximate surface area is 127 Å². The second kappa shape index (κ2) is 6.37. The number of aryl methyl sites for hydroxylation is 1. The quantitative estimate of drug-likeness (QED) is 0.857. The lowest BCUT2D eigenvalue weighted by Gasteiger charge is -2.40. The normalized spacial score (nSPS) is 18.2. The van der Waals surface area contributed by atoms with Crippen molar-refractivity contribution >= 4 is 28.2 Å². The zero-order valence-electron chi connectivity index (χ0n) is 12.1. The van der Waals surface area contributed by atoms with Crippen LogP contribution in [0.25, 0.3) is 0 Å². The van der Waals surface area contributed by atoms with E-state index in [1.165, 1.54) is 0 Å². The molecular weight excluding hydrogens is 296 g/mol. The van der Waals surface area contributed by atoms with Gasteiger partial charge in [0.2, 0.25) is 0 Å². The van der Waals surface area contributed by atoms with E-state index in [0.717, 1.165) is 37.0 Å². The molecule has 2 heterocycles. The SMILES string of the molecule is Cc1nc(Cl)cc(NCC(C)(C)N2CCS(=O)CC2)n1. The van der Waals surface area contributed by atoms with Gasteiger partial charge in [0.05, 0.1) is 0 Å². The summed E-state index contributed by atoms with van der Waals surface area (Å²) in [4.78, 5) is 10.7. The predicted molar refractivity (Wildman–Crippen MR) is 83.8 cm³/mol. The van der Waals surface area contributed by atoms with E-state index in [0.29, 0.717) is 11.0 Å². The monoisotopic (exact) mass is 316 g/mol. The highest BCUT2D eigenvalue weighted by Gasteiger charge is 2.29. The number of aromatic nitrogens is 2. The minimum absolute atomic E-state index is 0.0179. The number of hydrogen-bond donors (Lipinski definition) is 1. The Hall–Kier alpha value is -0.720. The van der Waals surface area contributed by atoms with Gasteiger partial charge in [0.15, 0.2) is 0 Å². The Morgan fingerprint density at radius 3 is 2.65 bits per heavy atom. The second-order valence-corrected chi connectivity index (χ2v) is 7.71. The van der Waals surface area contributed by atoms with E-state index in [1.54, 1.807) is 6.07 Å². The average molecular weight is 317 g/mol. The second-order valence-electron chi connectivity index (χ2n) is 5.62. The first-order chi connectivity index (χ1) is 9.37. The van der Waals surface area contributed by atoms with Gasteiger partial charge in [-0.3, -0.25) is 9.11 Å². The number of halogens is 1. The summed E-state index contributed by atoms with van der Waals surface area (Å²) in [6.45, 7) is 8.71. The summed E-state index contributed by atoms with van der Waals surface area (Å²) < 4.78 is 11.4. The van der Waals surface area contributed by atoms with E-state index in [9.17, 15) is 4.21 Å². The van der Waals surface area contributed by atoms with Gasteiger partial charge < -0.3 is 5.32 Å². The van der Waals surface area contributed by atoms with Crippen LogP contribution in [0.15, 0.2) is 6.07 Å². The fraction of sp³-hybridized carbons (Fsp3) is 0.692. The Balaban J connectivity index is 1.96. The molecule has 1 fully saturated rings. The summed E-state index contributed by atoms with van der Waals surface area (Å²) >= 11 is 5.93. The Morgan fingerprint density at radius 2 is 2.05 bits per heavy atom.